The molecule has 5 heteroatoms. The topological polar surface area (TPSA) is 24.5 Å². The largest absolute Gasteiger partial charge is 0.381 e. The van der Waals surface area contributed by atoms with E-state index in [9.17, 15) is 4.39 Å². The zero-order valence-corrected chi connectivity index (χ0v) is 13.1. The summed E-state index contributed by atoms with van der Waals surface area (Å²) in [6, 6.07) is 5.98. The molecule has 2 saturated heterocycles. The third-order valence-corrected chi connectivity index (χ3v) is 4.93. The molecule has 1 N–H and O–H groups in total. The third-order valence-electron chi connectivity index (χ3n) is 4.63. The molecule has 21 heavy (non-hydrogen) atoms. The monoisotopic (exact) mass is 312 g/mol. The van der Waals surface area contributed by atoms with Crippen molar-refractivity contribution in [2.75, 3.05) is 31.2 Å². The van der Waals surface area contributed by atoms with Gasteiger partial charge >= 0.3 is 0 Å². The van der Waals surface area contributed by atoms with E-state index in [-0.39, 0.29) is 10.8 Å². The van der Waals surface area contributed by atoms with Crippen LogP contribution in [0.4, 0.5) is 10.1 Å². The summed E-state index contributed by atoms with van der Waals surface area (Å²) in [5.74, 6) is 0.272. The molecule has 2 aliphatic rings. The summed E-state index contributed by atoms with van der Waals surface area (Å²) in [6.07, 6.45) is 2.23. The molecule has 1 aromatic rings. The molecule has 2 heterocycles. The van der Waals surface area contributed by atoms with Crippen LogP contribution in [0, 0.1) is 11.7 Å². The Bertz CT molecular complexity index is 493. The van der Waals surface area contributed by atoms with E-state index >= 15 is 0 Å². The lowest BCUT2D eigenvalue weighted by Gasteiger charge is -2.24. The molecule has 1 aromatic carbocycles. The molecule has 2 fully saturated rings. The van der Waals surface area contributed by atoms with Crippen LogP contribution >= 0.6 is 11.6 Å². The summed E-state index contributed by atoms with van der Waals surface area (Å²) < 4.78 is 19.0. The summed E-state index contributed by atoms with van der Waals surface area (Å²) in [5.41, 5.74) is 0.915. The molecule has 0 saturated carbocycles. The van der Waals surface area contributed by atoms with Crippen molar-refractivity contribution < 1.29 is 9.13 Å². The molecule has 116 valence electrons. The van der Waals surface area contributed by atoms with Crippen molar-refractivity contribution in [2.45, 2.75) is 31.8 Å². The Morgan fingerprint density at radius 3 is 3.00 bits per heavy atom. The first-order valence-electron chi connectivity index (χ1n) is 7.67. The van der Waals surface area contributed by atoms with Crippen LogP contribution in [0.25, 0.3) is 0 Å². The number of nitrogens with one attached hydrogen (secondary N) is 1. The molecular formula is C16H22ClFN2O. The Kier molecular flexibility index (Phi) is 4.67. The summed E-state index contributed by atoms with van der Waals surface area (Å²) >= 11 is 5.74. The van der Waals surface area contributed by atoms with Crippen molar-refractivity contribution in [1.82, 2.24) is 5.32 Å². The fraction of sp³-hybridized carbons (Fsp3) is 0.625. The third kappa shape index (κ3) is 3.50. The van der Waals surface area contributed by atoms with Gasteiger partial charge in [-0.2, -0.15) is 0 Å². The van der Waals surface area contributed by atoms with Gasteiger partial charge in [0.15, 0.2) is 0 Å². The van der Waals surface area contributed by atoms with E-state index in [1.807, 2.05) is 6.07 Å². The Morgan fingerprint density at radius 2 is 2.29 bits per heavy atom. The molecular weight excluding hydrogens is 291 g/mol. The molecule has 2 aliphatic heterocycles. The molecule has 0 unspecified atom stereocenters. The van der Waals surface area contributed by atoms with E-state index in [1.54, 1.807) is 6.07 Å². The van der Waals surface area contributed by atoms with Crippen molar-refractivity contribution in [3.63, 3.8) is 0 Å². The van der Waals surface area contributed by atoms with Crippen LogP contribution in [0.1, 0.15) is 19.8 Å². The minimum Gasteiger partial charge on any atom is -0.381 e. The van der Waals surface area contributed by atoms with Crippen LogP contribution < -0.4 is 10.2 Å². The highest BCUT2D eigenvalue weighted by molar-refractivity contribution is 6.30. The van der Waals surface area contributed by atoms with Gasteiger partial charge in [0.2, 0.25) is 0 Å². The fourth-order valence-corrected chi connectivity index (χ4v) is 3.39. The van der Waals surface area contributed by atoms with E-state index in [1.165, 1.54) is 6.07 Å². The number of halogens is 2. The number of hydrogen-bond acceptors (Lipinski definition) is 3. The maximum Gasteiger partial charge on any atom is 0.143 e. The van der Waals surface area contributed by atoms with Gasteiger partial charge in [-0.05, 0) is 43.9 Å². The normalized spacial score (nSPS) is 27.3. The summed E-state index contributed by atoms with van der Waals surface area (Å²) in [4.78, 5) is 2.22. The summed E-state index contributed by atoms with van der Waals surface area (Å²) in [6.45, 7) is 5.86. The van der Waals surface area contributed by atoms with E-state index in [0.717, 1.165) is 44.8 Å². The highest BCUT2D eigenvalue weighted by atomic mass is 35.5. The van der Waals surface area contributed by atoms with Crippen LogP contribution in [0.5, 0.6) is 0 Å². The van der Waals surface area contributed by atoms with Crippen LogP contribution in [-0.2, 0) is 4.74 Å². The Balaban J connectivity index is 1.56. The fourth-order valence-electron chi connectivity index (χ4n) is 3.27. The summed E-state index contributed by atoms with van der Waals surface area (Å²) in [5, 5.41) is 3.89. The molecule has 0 bridgehead atoms. The second-order valence-electron chi connectivity index (χ2n) is 6.11. The van der Waals surface area contributed by atoms with Gasteiger partial charge in [0.25, 0.3) is 0 Å². The van der Waals surface area contributed by atoms with Crippen molar-refractivity contribution in [2.24, 2.45) is 5.92 Å². The molecule has 3 rings (SSSR count). The number of rotatable bonds is 4. The Labute approximate surface area is 130 Å². The number of anilines is 1. The van der Waals surface area contributed by atoms with Crippen molar-refractivity contribution in [1.29, 1.82) is 0 Å². The zero-order chi connectivity index (χ0) is 14.8. The average molecular weight is 313 g/mol. The van der Waals surface area contributed by atoms with Gasteiger partial charge in [0.1, 0.15) is 5.82 Å². The molecule has 0 amide bonds. The SMILES string of the molecule is C[C@H](N[C@@H]1CCN(c2ccc(Cl)c(F)c2)C1)[C@@H]1CCOC1. The predicted molar refractivity (Wildman–Crippen MR) is 83.6 cm³/mol. The van der Waals surface area contributed by atoms with Gasteiger partial charge in [-0.1, -0.05) is 11.6 Å². The van der Waals surface area contributed by atoms with E-state index in [4.69, 9.17) is 16.3 Å². The second-order valence-corrected chi connectivity index (χ2v) is 6.52. The standard InChI is InChI=1S/C16H22ClFN2O/c1-11(12-5-7-21-10-12)19-13-4-6-20(9-13)14-2-3-15(17)16(18)8-14/h2-3,8,11-13,19H,4-7,9-10H2,1H3/t11-,12+,13+/m0/s1. The minimum atomic E-state index is -0.345. The molecule has 0 aromatic heterocycles. The first kappa shape index (κ1) is 15.1. The van der Waals surface area contributed by atoms with Gasteiger partial charge < -0.3 is 15.0 Å². The molecule has 0 spiro atoms. The first-order valence-corrected chi connectivity index (χ1v) is 8.05. The predicted octanol–water partition coefficient (Wildman–Crippen LogP) is 3.07. The van der Waals surface area contributed by atoms with Crippen LogP contribution in [0.3, 0.4) is 0 Å². The van der Waals surface area contributed by atoms with Gasteiger partial charge in [0.05, 0.1) is 11.6 Å². The molecule has 0 radical (unpaired) electrons. The van der Waals surface area contributed by atoms with Crippen molar-refractivity contribution >= 4 is 17.3 Å². The maximum absolute atomic E-state index is 13.6. The highest BCUT2D eigenvalue weighted by Crippen LogP contribution is 2.26. The number of benzene rings is 1. The quantitative estimate of drug-likeness (QED) is 0.924. The molecule has 3 atom stereocenters. The highest BCUT2D eigenvalue weighted by Gasteiger charge is 2.28. The number of ether oxygens (including phenoxy) is 1. The van der Waals surface area contributed by atoms with Gasteiger partial charge in [-0.3, -0.25) is 0 Å². The number of nitrogens with zero attached hydrogens (tertiary/aromatic N) is 1. The smallest absolute Gasteiger partial charge is 0.143 e. The lowest BCUT2D eigenvalue weighted by molar-refractivity contribution is 0.177. The van der Waals surface area contributed by atoms with Crippen molar-refractivity contribution in [3.8, 4) is 0 Å². The molecule has 3 nitrogen and oxygen atoms in total. The minimum absolute atomic E-state index is 0.183. The lowest BCUT2D eigenvalue weighted by Crippen LogP contribution is -2.42. The second kappa shape index (κ2) is 6.51. The lowest BCUT2D eigenvalue weighted by atomic mass is 10.00. The van der Waals surface area contributed by atoms with Crippen LogP contribution in [0.2, 0.25) is 5.02 Å². The zero-order valence-electron chi connectivity index (χ0n) is 12.3. The van der Waals surface area contributed by atoms with E-state index in [0.29, 0.717) is 18.0 Å². The maximum atomic E-state index is 13.6. The van der Waals surface area contributed by atoms with Gasteiger partial charge in [-0.25, -0.2) is 4.39 Å². The van der Waals surface area contributed by atoms with Crippen LogP contribution in [-0.4, -0.2) is 38.4 Å². The van der Waals surface area contributed by atoms with Gasteiger partial charge in [-0.15, -0.1) is 0 Å². The summed E-state index contributed by atoms with van der Waals surface area (Å²) in [7, 11) is 0. The van der Waals surface area contributed by atoms with E-state index < -0.39 is 0 Å². The van der Waals surface area contributed by atoms with Crippen molar-refractivity contribution in [3.05, 3.63) is 29.0 Å². The molecule has 0 aliphatic carbocycles. The van der Waals surface area contributed by atoms with Crippen LogP contribution in [0.15, 0.2) is 18.2 Å². The number of hydrogen-bond donors (Lipinski definition) is 1. The first-order chi connectivity index (χ1) is 10.1. The Hall–Kier alpha value is -0.840. The van der Waals surface area contributed by atoms with E-state index in [2.05, 4.69) is 17.1 Å². The Morgan fingerprint density at radius 1 is 1.43 bits per heavy atom. The average Bonchev–Trinajstić information content (AvgIpc) is 3.12. The van der Waals surface area contributed by atoms with Gasteiger partial charge in [0, 0.05) is 37.5 Å².